The molecule has 0 fully saturated rings. The number of nitrogens with one attached hydrogen (secondary N) is 1. The summed E-state index contributed by atoms with van der Waals surface area (Å²) in [6.45, 7) is 13.6. The molecule has 2 aromatic rings. The van der Waals surface area contributed by atoms with Crippen LogP contribution in [0.1, 0.15) is 49.3 Å². The predicted molar refractivity (Wildman–Crippen MR) is 91.3 cm³/mol. The maximum Gasteiger partial charge on any atom is 0.354 e. The van der Waals surface area contributed by atoms with Crippen molar-refractivity contribution in [3.8, 4) is 0 Å². The van der Waals surface area contributed by atoms with E-state index in [1.54, 1.807) is 6.92 Å². The Morgan fingerprint density at radius 1 is 1.32 bits per heavy atom. The minimum Gasteiger partial charge on any atom is -0.461 e. The summed E-state index contributed by atoms with van der Waals surface area (Å²) in [6, 6.07) is 5.06. The van der Waals surface area contributed by atoms with Gasteiger partial charge >= 0.3 is 5.97 Å². The fourth-order valence-electron chi connectivity index (χ4n) is 2.17. The maximum absolute atomic E-state index is 12.3. The Balaban J connectivity index is 0.00000116. The third kappa shape index (κ3) is 3.45. The van der Waals surface area contributed by atoms with E-state index in [0.717, 1.165) is 16.7 Å². The molecule has 118 valence electrons. The average Bonchev–Trinajstić information content (AvgIpc) is 2.50. The van der Waals surface area contributed by atoms with E-state index in [2.05, 4.69) is 11.6 Å². The van der Waals surface area contributed by atoms with Crippen molar-refractivity contribution < 1.29 is 9.53 Å². The van der Waals surface area contributed by atoms with Gasteiger partial charge in [0.1, 0.15) is 5.69 Å². The lowest BCUT2D eigenvalue weighted by Gasteiger charge is -2.10. The summed E-state index contributed by atoms with van der Waals surface area (Å²) in [5.74, 6) is -0.522. The molecule has 4 heteroatoms. The molecule has 0 spiro atoms. The zero-order valence-corrected chi connectivity index (χ0v) is 13.9. The minimum absolute atomic E-state index is 0.173. The first-order valence-corrected chi connectivity index (χ1v) is 7.45. The van der Waals surface area contributed by atoms with Crippen molar-refractivity contribution in [1.82, 2.24) is 4.98 Å². The van der Waals surface area contributed by atoms with Crippen LogP contribution in [-0.2, 0) is 4.74 Å². The number of pyridine rings is 1. The van der Waals surface area contributed by atoms with Crippen LogP contribution < -0.4 is 5.43 Å². The normalized spacial score (nSPS) is 9.86. The number of rotatable bonds is 3. The summed E-state index contributed by atoms with van der Waals surface area (Å²) in [4.78, 5) is 27.1. The van der Waals surface area contributed by atoms with E-state index < -0.39 is 5.97 Å². The number of aromatic nitrogens is 1. The molecule has 1 N–H and O–H groups in total. The molecule has 1 aromatic heterocycles. The molecule has 0 bridgehead atoms. The largest absolute Gasteiger partial charge is 0.461 e. The maximum atomic E-state index is 12.3. The molecule has 0 amide bonds. The van der Waals surface area contributed by atoms with Crippen molar-refractivity contribution in [2.45, 2.75) is 34.6 Å². The van der Waals surface area contributed by atoms with Gasteiger partial charge in [-0.05, 0) is 31.9 Å². The number of carbonyl (C=O) groups is 1. The topological polar surface area (TPSA) is 59.2 Å². The van der Waals surface area contributed by atoms with Crippen molar-refractivity contribution in [1.29, 1.82) is 0 Å². The van der Waals surface area contributed by atoms with Gasteiger partial charge in [-0.2, -0.15) is 0 Å². The number of fused-ring (bicyclic) bond motifs is 1. The molecular weight excluding hydrogens is 278 g/mol. The number of aryl methyl sites for hydroxylation is 1. The summed E-state index contributed by atoms with van der Waals surface area (Å²) in [5.41, 5.74) is 3.12. The SMILES string of the molecule is C=C(C)c1ccc(C)c2[nH]c(C(=O)OCC)cc(=O)c12.CC. The van der Waals surface area contributed by atoms with E-state index in [4.69, 9.17) is 4.74 Å². The van der Waals surface area contributed by atoms with Gasteiger partial charge in [-0.15, -0.1) is 0 Å². The molecule has 1 aromatic carbocycles. The van der Waals surface area contributed by atoms with Crippen molar-refractivity contribution in [3.05, 3.63) is 51.8 Å². The Labute approximate surface area is 130 Å². The minimum atomic E-state index is -0.522. The number of benzene rings is 1. The third-order valence-corrected chi connectivity index (χ3v) is 3.15. The molecule has 0 aliphatic heterocycles. The van der Waals surface area contributed by atoms with E-state index in [0.29, 0.717) is 10.9 Å². The van der Waals surface area contributed by atoms with E-state index >= 15 is 0 Å². The van der Waals surface area contributed by atoms with Gasteiger partial charge < -0.3 is 9.72 Å². The zero-order chi connectivity index (χ0) is 16.9. The molecule has 2 rings (SSSR count). The molecular formula is C18H23NO3. The number of ether oxygens (including phenoxy) is 1. The van der Waals surface area contributed by atoms with Crippen LogP contribution in [0.5, 0.6) is 0 Å². The molecule has 0 saturated heterocycles. The van der Waals surface area contributed by atoms with Crippen LogP contribution in [0.2, 0.25) is 0 Å². The molecule has 4 nitrogen and oxygen atoms in total. The van der Waals surface area contributed by atoms with Crippen molar-refractivity contribution >= 4 is 22.4 Å². The molecule has 0 radical (unpaired) electrons. The van der Waals surface area contributed by atoms with Crippen LogP contribution in [0.15, 0.2) is 29.6 Å². The van der Waals surface area contributed by atoms with E-state index in [9.17, 15) is 9.59 Å². The van der Waals surface area contributed by atoms with Gasteiger partial charge in [0.15, 0.2) is 5.43 Å². The third-order valence-electron chi connectivity index (χ3n) is 3.15. The molecule has 0 unspecified atom stereocenters. The lowest BCUT2D eigenvalue weighted by molar-refractivity contribution is 0.0520. The monoisotopic (exact) mass is 301 g/mol. The number of aromatic amines is 1. The van der Waals surface area contributed by atoms with Crippen LogP contribution in [0, 0.1) is 6.92 Å². The Hall–Kier alpha value is -2.36. The lowest BCUT2D eigenvalue weighted by Crippen LogP contribution is -2.14. The molecule has 0 aliphatic carbocycles. The van der Waals surface area contributed by atoms with E-state index in [1.165, 1.54) is 6.07 Å². The molecule has 1 heterocycles. The van der Waals surface area contributed by atoms with Crippen molar-refractivity contribution in [2.24, 2.45) is 0 Å². The van der Waals surface area contributed by atoms with E-state index in [-0.39, 0.29) is 17.7 Å². The van der Waals surface area contributed by atoms with Gasteiger partial charge in [-0.3, -0.25) is 4.79 Å². The highest BCUT2D eigenvalue weighted by atomic mass is 16.5. The number of H-pyrrole nitrogens is 1. The highest BCUT2D eigenvalue weighted by molar-refractivity contribution is 5.96. The second-order valence-electron chi connectivity index (χ2n) is 4.73. The Morgan fingerprint density at radius 2 is 1.95 bits per heavy atom. The number of hydrogen-bond acceptors (Lipinski definition) is 3. The van der Waals surface area contributed by atoms with Crippen molar-refractivity contribution in [3.63, 3.8) is 0 Å². The van der Waals surface area contributed by atoms with Crippen LogP contribution in [-0.4, -0.2) is 17.6 Å². The number of esters is 1. The van der Waals surface area contributed by atoms with Gasteiger partial charge in [0.2, 0.25) is 0 Å². The average molecular weight is 301 g/mol. The smallest absolute Gasteiger partial charge is 0.354 e. The molecule has 0 aliphatic rings. The highest BCUT2D eigenvalue weighted by Gasteiger charge is 2.14. The van der Waals surface area contributed by atoms with E-state index in [1.807, 2.05) is 39.8 Å². The lowest BCUT2D eigenvalue weighted by atomic mass is 9.99. The fourth-order valence-corrected chi connectivity index (χ4v) is 2.17. The number of allylic oxidation sites excluding steroid dienone is 1. The first-order valence-electron chi connectivity index (χ1n) is 7.45. The summed E-state index contributed by atoms with van der Waals surface area (Å²) >= 11 is 0. The summed E-state index contributed by atoms with van der Waals surface area (Å²) in [7, 11) is 0. The first kappa shape index (κ1) is 17.7. The predicted octanol–water partition coefficient (Wildman–Crippen LogP) is 4.07. The second kappa shape index (κ2) is 7.59. The van der Waals surface area contributed by atoms with Crippen LogP contribution >= 0.6 is 0 Å². The van der Waals surface area contributed by atoms with Gasteiger partial charge in [0.25, 0.3) is 0 Å². The van der Waals surface area contributed by atoms with Gasteiger partial charge in [-0.1, -0.05) is 38.1 Å². The van der Waals surface area contributed by atoms with Crippen molar-refractivity contribution in [2.75, 3.05) is 6.61 Å². The number of carbonyl (C=O) groups excluding carboxylic acids is 1. The Kier molecular flexibility index (Phi) is 6.11. The van der Waals surface area contributed by atoms with Crippen LogP contribution in [0.3, 0.4) is 0 Å². The van der Waals surface area contributed by atoms with Gasteiger partial charge in [0.05, 0.1) is 17.5 Å². The molecule has 0 atom stereocenters. The highest BCUT2D eigenvalue weighted by Crippen LogP contribution is 2.23. The summed E-state index contributed by atoms with van der Waals surface area (Å²) in [6.07, 6.45) is 0. The zero-order valence-electron chi connectivity index (χ0n) is 13.9. The van der Waals surface area contributed by atoms with Gasteiger partial charge in [0, 0.05) is 6.07 Å². The number of hydrogen-bond donors (Lipinski definition) is 1. The Bertz CT molecular complexity index is 757. The van der Waals surface area contributed by atoms with Crippen LogP contribution in [0.4, 0.5) is 0 Å². The van der Waals surface area contributed by atoms with Gasteiger partial charge in [-0.25, -0.2) is 4.79 Å². The second-order valence-corrected chi connectivity index (χ2v) is 4.73. The molecule has 22 heavy (non-hydrogen) atoms. The fraction of sp³-hybridized carbons (Fsp3) is 0.333. The standard InChI is InChI=1S/C16H17NO3.C2H6/c1-5-20-16(19)12-8-13(18)14-11(9(2)3)7-6-10(4)15(14)17-12;1-2/h6-8H,2,5H2,1,3-4H3,(H,17,18);1-2H3. The first-order chi connectivity index (χ1) is 10.5. The quantitative estimate of drug-likeness (QED) is 0.869. The Morgan fingerprint density at radius 3 is 2.50 bits per heavy atom. The molecule has 0 saturated carbocycles. The van der Waals surface area contributed by atoms with Crippen LogP contribution in [0.25, 0.3) is 16.5 Å². The summed E-state index contributed by atoms with van der Waals surface area (Å²) < 4.78 is 4.92. The summed E-state index contributed by atoms with van der Waals surface area (Å²) in [5, 5.41) is 0.561.